The molecule has 29 heavy (non-hydrogen) atoms. The number of carbonyl (C=O) groups excluding carboxylic acids is 2. The van der Waals surface area contributed by atoms with Crippen molar-refractivity contribution in [3.05, 3.63) is 69.7 Å². The van der Waals surface area contributed by atoms with E-state index >= 15 is 0 Å². The molecule has 0 saturated carbocycles. The molecule has 2 aromatic carbocycles. The minimum Gasteiger partial charge on any atom is -0.462 e. The van der Waals surface area contributed by atoms with E-state index in [2.05, 4.69) is 5.32 Å². The fourth-order valence-corrected chi connectivity index (χ4v) is 4.32. The maximum Gasteiger partial charge on any atom is 0.341 e. The summed E-state index contributed by atoms with van der Waals surface area (Å²) >= 11 is 13.6. The fraction of sp³-hybridized carbons (Fsp3) is 0.182. The molecule has 1 aromatic heterocycles. The van der Waals surface area contributed by atoms with Crippen LogP contribution in [0.4, 0.5) is 5.00 Å². The first-order valence-corrected chi connectivity index (χ1v) is 10.7. The van der Waals surface area contributed by atoms with E-state index in [1.807, 2.05) is 31.2 Å². The number of carbonyl (C=O) groups is 2. The van der Waals surface area contributed by atoms with Crippen molar-refractivity contribution < 1.29 is 14.3 Å². The molecule has 1 heterocycles. The summed E-state index contributed by atoms with van der Waals surface area (Å²) in [5, 5.41) is 4.89. The van der Waals surface area contributed by atoms with Gasteiger partial charge in [0.1, 0.15) is 10.6 Å². The molecule has 4 nitrogen and oxygen atoms in total. The Kier molecular flexibility index (Phi) is 7.31. The lowest BCUT2D eigenvalue weighted by Gasteiger charge is -2.06. The number of unbranched alkanes of at least 4 members (excludes halogenated alkanes) is 1. The molecule has 0 aliphatic carbocycles. The van der Waals surface area contributed by atoms with Gasteiger partial charge in [0.2, 0.25) is 5.91 Å². The molecule has 150 valence electrons. The number of ether oxygens (including phenoxy) is 1. The topological polar surface area (TPSA) is 55.4 Å². The average Bonchev–Trinajstić information content (AvgIpc) is 3.05. The molecule has 0 aliphatic heterocycles. The molecule has 0 saturated heterocycles. The van der Waals surface area contributed by atoms with Crippen molar-refractivity contribution in [1.82, 2.24) is 0 Å². The molecule has 1 N–H and O–H groups in total. The Morgan fingerprint density at radius 3 is 2.55 bits per heavy atom. The smallest absolute Gasteiger partial charge is 0.341 e. The van der Waals surface area contributed by atoms with E-state index < -0.39 is 11.9 Å². The Labute approximate surface area is 183 Å². The van der Waals surface area contributed by atoms with Crippen LogP contribution in [0.5, 0.6) is 0 Å². The van der Waals surface area contributed by atoms with Gasteiger partial charge in [-0.3, -0.25) is 4.79 Å². The van der Waals surface area contributed by atoms with Crippen molar-refractivity contribution in [1.29, 1.82) is 0 Å². The molecule has 0 aliphatic rings. The second-order valence-electron chi connectivity index (χ2n) is 6.25. The Balaban J connectivity index is 1.85. The highest BCUT2D eigenvalue weighted by molar-refractivity contribution is 7.23. The number of thiophene rings is 1. The van der Waals surface area contributed by atoms with Gasteiger partial charge in [-0.2, -0.15) is 0 Å². The van der Waals surface area contributed by atoms with Crippen LogP contribution in [0, 0.1) is 0 Å². The highest BCUT2D eigenvalue weighted by Gasteiger charge is 2.21. The van der Waals surface area contributed by atoms with Crippen LogP contribution in [0.3, 0.4) is 0 Å². The van der Waals surface area contributed by atoms with Crippen molar-refractivity contribution in [3.63, 3.8) is 0 Å². The molecule has 1 amide bonds. The number of fused-ring (bicyclic) bond motifs is 1. The Hall–Kier alpha value is -2.34. The molecule has 0 bridgehead atoms. The first-order valence-electron chi connectivity index (χ1n) is 9.13. The van der Waals surface area contributed by atoms with E-state index in [1.165, 1.54) is 17.4 Å². The summed E-state index contributed by atoms with van der Waals surface area (Å²) in [5.41, 5.74) is 0.931. The molecule has 0 radical (unpaired) electrons. The van der Waals surface area contributed by atoms with E-state index in [0.29, 0.717) is 32.8 Å². The van der Waals surface area contributed by atoms with Crippen LogP contribution in [0.25, 0.3) is 16.2 Å². The van der Waals surface area contributed by atoms with E-state index in [9.17, 15) is 9.59 Å². The maximum absolute atomic E-state index is 12.6. The van der Waals surface area contributed by atoms with E-state index in [1.54, 1.807) is 24.3 Å². The molecule has 0 fully saturated rings. The van der Waals surface area contributed by atoms with Crippen molar-refractivity contribution >= 4 is 67.6 Å². The number of nitrogens with one attached hydrogen (secondary N) is 1. The molecular weight excluding hydrogens is 429 g/mol. The fourth-order valence-electron chi connectivity index (χ4n) is 2.70. The largest absolute Gasteiger partial charge is 0.462 e. The van der Waals surface area contributed by atoms with Gasteiger partial charge in [0.15, 0.2) is 0 Å². The Bertz CT molecular complexity index is 1050. The van der Waals surface area contributed by atoms with E-state index in [-0.39, 0.29) is 0 Å². The average molecular weight is 448 g/mol. The van der Waals surface area contributed by atoms with Crippen LogP contribution in [-0.2, 0) is 9.53 Å². The van der Waals surface area contributed by atoms with Gasteiger partial charge in [0.05, 0.1) is 6.61 Å². The standard InChI is InChI=1S/C22H19Cl2NO3S/c1-2-3-13-28-22(27)20-15-7-4-5-10-18(15)29-21(20)25-19(26)12-11-14-16(23)8-6-9-17(14)24/h4-12H,2-3,13H2,1H3,(H,25,26). The second-order valence-corrected chi connectivity index (χ2v) is 8.12. The molecule has 0 unspecified atom stereocenters. The van der Waals surface area contributed by atoms with Crippen LogP contribution in [-0.4, -0.2) is 18.5 Å². The number of anilines is 1. The number of hydrogen-bond acceptors (Lipinski definition) is 4. The number of esters is 1. The van der Waals surface area contributed by atoms with Gasteiger partial charge >= 0.3 is 5.97 Å². The normalized spacial score (nSPS) is 11.1. The third-order valence-corrected chi connectivity index (χ3v) is 5.91. The third-order valence-electron chi connectivity index (χ3n) is 4.17. The molecular formula is C22H19Cl2NO3S. The molecule has 3 aromatic rings. The number of hydrogen-bond donors (Lipinski definition) is 1. The van der Waals surface area contributed by atoms with Crippen LogP contribution >= 0.6 is 34.5 Å². The highest BCUT2D eigenvalue weighted by atomic mass is 35.5. The van der Waals surface area contributed by atoms with Crippen molar-refractivity contribution in [2.75, 3.05) is 11.9 Å². The van der Waals surface area contributed by atoms with Gasteiger partial charge in [-0.15, -0.1) is 11.3 Å². The third kappa shape index (κ3) is 5.18. The molecule has 0 atom stereocenters. The Morgan fingerprint density at radius 1 is 1.10 bits per heavy atom. The SMILES string of the molecule is CCCCOC(=O)c1c(NC(=O)C=Cc2c(Cl)cccc2Cl)sc2ccccc12. The van der Waals surface area contributed by atoms with Crippen molar-refractivity contribution in [3.8, 4) is 0 Å². The first kappa shape index (κ1) is 21.4. The van der Waals surface area contributed by atoms with Gasteiger partial charge in [-0.25, -0.2) is 4.79 Å². The van der Waals surface area contributed by atoms with Crippen LogP contribution in [0.15, 0.2) is 48.5 Å². The lowest BCUT2D eigenvalue weighted by atomic mass is 10.1. The molecule has 3 rings (SSSR count). The highest BCUT2D eigenvalue weighted by Crippen LogP contribution is 2.36. The summed E-state index contributed by atoms with van der Waals surface area (Å²) in [6.07, 6.45) is 4.60. The van der Waals surface area contributed by atoms with Crippen LogP contribution in [0.2, 0.25) is 10.0 Å². The van der Waals surface area contributed by atoms with E-state index in [4.69, 9.17) is 27.9 Å². The minimum atomic E-state index is -0.440. The quantitative estimate of drug-likeness (QED) is 0.245. The summed E-state index contributed by atoms with van der Waals surface area (Å²) in [6.45, 7) is 2.37. The maximum atomic E-state index is 12.6. The summed E-state index contributed by atoms with van der Waals surface area (Å²) in [6, 6.07) is 12.6. The van der Waals surface area contributed by atoms with Crippen molar-refractivity contribution in [2.24, 2.45) is 0 Å². The molecule has 0 spiro atoms. The number of halogens is 2. The zero-order valence-electron chi connectivity index (χ0n) is 15.7. The monoisotopic (exact) mass is 447 g/mol. The van der Waals surface area contributed by atoms with Gasteiger partial charge in [-0.1, -0.05) is 60.8 Å². The predicted molar refractivity (Wildman–Crippen MR) is 121 cm³/mol. The summed E-state index contributed by atoms with van der Waals surface area (Å²) in [5.74, 6) is -0.834. The number of rotatable bonds is 7. The Morgan fingerprint density at radius 2 is 1.83 bits per heavy atom. The summed E-state index contributed by atoms with van der Waals surface area (Å²) in [4.78, 5) is 25.1. The number of benzene rings is 2. The van der Waals surface area contributed by atoms with Gasteiger partial charge in [0.25, 0.3) is 0 Å². The zero-order valence-corrected chi connectivity index (χ0v) is 18.0. The van der Waals surface area contributed by atoms with Gasteiger partial charge < -0.3 is 10.1 Å². The summed E-state index contributed by atoms with van der Waals surface area (Å²) < 4.78 is 6.27. The lowest BCUT2D eigenvalue weighted by molar-refractivity contribution is -0.111. The van der Waals surface area contributed by atoms with E-state index in [0.717, 1.165) is 22.9 Å². The zero-order chi connectivity index (χ0) is 20.8. The molecule has 7 heteroatoms. The minimum absolute atomic E-state index is 0.345. The predicted octanol–water partition coefficient (Wildman–Crippen LogP) is 6.82. The number of amides is 1. The van der Waals surface area contributed by atoms with Crippen LogP contribution in [0.1, 0.15) is 35.7 Å². The van der Waals surface area contributed by atoms with Gasteiger partial charge in [0, 0.05) is 31.8 Å². The van der Waals surface area contributed by atoms with Crippen molar-refractivity contribution in [2.45, 2.75) is 19.8 Å². The second kappa shape index (κ2) is 9.92. The lowest BCUT2D eigenvalue weighted by Crippen LogP contribution is -2.12. The summed E-state index contributed by atoms with van der Waals surface area (Å²) in [7, 11) is 0. The first-order chi connectivity index (χ1) is 14.0. The van der Waals surface area contributed by atoms with Gasteiger partial charge in [-0.05, 0) is 30.7 Å². The van der Waals surface area contributed by atoms with Crippen LogP contribution < -0.4 is 5.32 Å².